The van der Waals surface area contributed by atoms with E-state index in [4.69, 9.17) is 4.42 Å². The molecule has 0 fully saturated rings. The Morgan fingerprint density at radius 1 is 1.08 bits per heavy atom. The van der Waals surface area contributed by atoms with Crippen LogP contribution in [-0.4, -0.2) is 15.3 Å². The zero-order valence-corrected chi connectivity index (χ0v) is 19.1. The van der Waals surface area contributed by atoms with Gasteiger partial charge < -0.3 is 9.73 Å². The van der Waals surface area contributed by atoms with Crippen molar-refractivity contribution in [3.8, 4) is 23.1 Å². The van der Waals surface area contributed by atoms with Crippen molar-refractivity contribution in [2.24, 2.45) is 7.05 Å². The maximum atomic E-state index is 13.0. The Bertz CT molecular complexity index is 1570. The molecule has 0 radical (unpaired) electrons. The van der Waals surface area contributed by atoms with Crippen LogP contribution >= 0.6 is 0 Å². The fourth-order valence-corrected chi connectivity index (χ4v) is 3.62. The lowest BCUT2D eigenvalue weighted by Gasteiger charge is -2.07. The number of benzene rings is 2. The second-order valence-corrected chi connectivity index (χ2v) is 7.84. The third kappa shape index (κ3) is 4.72. The van der Waals surface area contributed by atoms with E-state index in [1.165, 1.54) is 28.9 Å². The average molecular weight is 492 g/mol. The molecule has 10 heteroatoms. The van der Waals surface area contributed by atoms with Crippen LogP contribution in [0, 0.1) is 18.3 Å². The van der Waals surface area contributed by atoms with Gasteiger partial charge in [-0.3, -0.25) is 14.3 Å². The van der Waals surface area contributed by atoms with E-state index in [0.29, 0.717) is 11.4 Å². The maximum Gasteiger partial charge on any atom is 0.416 e. The Labute approximate surface area is 203 Å². The van der Waals surface area contributed by atoms with Crippen molar-refractivity contribution >= 4 is 17.7 Å². The minimum absolute atomic E-state index is 0.0107. The molecule has 36 heavy (non-hydrogen) atoms. The zero-order valence-electron chi connectivity index (χ0n) is 19.1. The number of nitriles is 1. The molecule has 2 aromatic heterocycles. The number of anilines is 1. The number of nitrogens with one attached hydrogen (secondary N) is 1. The predicted octanol–water partition coefficient (Wildman–Crippen LogP) is 5.31. The minimum Gasteiger partial charge on any atom is -0.457 e. The van der Waals surface area contributed by atoms with E-state index in [1.54, 1.807) is 49.0 Å². The summed E-state index contributed by atoms with van der Waals surface area (Å²) in [6, 6.07) is 18.1. The fraction of sp³-hybridized carbons (Fsp3) is 0.115. The number of nitrogens with zero attached hydrogens (tertiary/aromatic N) is 3. The largest absolute Gasteiger partial charge is 0.457 e. The van der Waals surface area contributed by atoms with E-state index in [-0.39, 0.29) is 28.3 Å². The van der Waals surface area contributed by atoms with Gasteiger partial charge in [0.1, 0.15) is 28.9 Å². The van der Waals surface area contributed by atoms with Crippen molar-refractivity contribution in [2.45, 2.75) is 13.1 Å². The van der Waals surface area contributed by atoms with Gasteiger partial charge in [-0.2, -0.15) is 18.4 Å². The minimum atomic E-state index is -4.51. The summed E-state index contributed by atoms with van der Waals surface area (Å²) in [4.78, 5) is 25.8. The number of carbonyl (C=O) groups is 1. The number of para-hydroxylation sites is 1. The average Bonchev–Trinajstić information content (AvgIpc) is 3.41. The first-order valence-corrected chi connectivity index (χ1v) is 10.6. The topological polar surface area (TPSA) is 93.0 Å². The summed E-state index contributed by atoms with van der Waals surface area (Å²) in [6.07, 6.45) is -3.35. The third-order valence-electron chi connectivity index (χ3n) is 5.55. The van der Waals surface area contributed by atoms with Crippen molar-refractivity contribution in [1.29, 1.82) is 5.26 Å². The van der Waals surface area contributed by atoms with E-state index < -0.39 is 23.2 Å². The van der Waals surface area contributed by atoms with Crippen molar-refractivity contribution in [1.82, 2.24) is 9.36 Å². The van der Waals surface area contributed by atoms with Crippen molar-refractivity contribution < 1.29 is 22.4 Å². The first-order valence-electron chi connectivity index (χ1n) is 10.6. The number of furan rings is 1. The van der Waals surface area contributed by atoms with Crippen LogP contribution in [0.25, 0.3) is 23.1 Å². The molecule has 1 N–H and O–H groups in total. The lowest BCUT2D eigenvalue weighted by atomic mass is 10.1. The lowest BCUT2D eigenvalue weighted by molar-refractivity contribution is -0.137. The fourth-order valence-electron chi connectivity index (χ4n) is 3.62. The second kappa shape index (κ2) is 9.46. The summed E-state index contributed by atoms with van der Waals surface area (Å²) in [7, 11) is 1.67. The van der Waals surface area contributed by atoms with Gasteiger partial charge in [-0.15, -0.1) is 0 Å². The van der Waals surface area contributed by atoms with Gasteiger partial charge in [0.05, 0.1) is 16.9 Å². The van der Waals surface area contributed by atoms with Crippen LogP contribution in [-0.2, 0) is 18.0 Å². The predicted molar refractivity (Wildman–Crippen MR) is 127 cm³/mol. The molecule has 0 saturated heterocycles. The molecule has 4 rings (SSSR count). The SMILES string of the molecule is Cc1c(NC(=O)C(C#N)=Cc2ccc(-c3cccc(C(F)(F)F)c3)o2)c(=O)n(-c2ccccc2)n1C. The molecule has 0 atom stereocenters. The van der Waals surface area contributed by atoms with Gasteiger partial charge >= 0.3 is 6.18 Å². The molecule has 0 aliphatic carbocycles. The molecule has 7 nitrogen and oxygen atoms in total. The number of alkyl halides is 3. The van der Waals surface area contributed by atoms with Gasteiger partial charge in [-0.05, 0) is 43.3 Å². The summed E-state index contributed by atoms with van der Waals surface area (Å²) < 4.78 is 47.5. The van der Waals surface area contributed by atoms with Crippen molar-refractivity contribution in [2.75, 3.05) is 5.32 Å². The number of hydrogen-bond acceptors (Lipinski definition) is 4. The Morgan fingerprint density at radius 3 is 2.47 bits per heavy atom. The standard InChI is InChI=1S/C26H19F3N4O3/c1-16-23(25(35)33(32(16)2)20-9-4-3-5-10-20)31-24(34)18(15-30)14-21-11-12-22(36-21)17-7-6-8-19(13-17)26(27,28)29/h3-14H,1-2H3,(H,31,34). The summed E-state index contributed by atoms with van der Waals surface area (Å²) in [5.74, 6) is -0.615. The third-order valence-corrected chi connectivity index (χ3v) is 5.55. The van der Waals surface area contributed by atoms with E-state index >= 15 is 0 Å². The summed E-state index contributed by atoms with van der Waals surface area (Å²) in [5, 5.41) is 12.0. The molecular weight excluding hydrogens is 473 g/mol. The van der Waals surface area contributed by atoms with Crippen LogP contribution in [0.4, 0.5) is 18.9 Å². The van der Waals surface area contributed by atoms with Gasteiger partial charge in [-0.1, -0.05) is 30.3 Å². The summed E-state index contributed by atoms with van der Waals surface area (Å²) in [5.41, 5.74) is -0.386. The van der Waals surface area contributed by atoms with Gasteiger partial charge in [0.2, 0.25) is 0 Å². The number of halogens is 3. The molecule has 0 bridgehead atoms. The molecule has 0 spiro atoms. The van der Waals surface area contributed by atoms with Gasteiger partial charge in [0, 0.05) is 18.7 Å². The smallest absolute Gasteiger partial charge is 0.416 e. The van der Waals surface area contributed by atoms with Crippen LogP contribution < -0.4 is 10.9 Å². The normalized spacial score (nSPS) is 11.8. The maximum absolute atomic E-state index is 13.0. The van der Waals surface area contributed by atoms with Crippen molar-refractivity contribution in [3.63, 3.8) is 0 Å². The van der Waals surface area contributed by atoms with Crippen LogP contribution in [0.15, 0.2) is 81.5 Å². The van der Waals surface area contributed by atoms with E-state index in [1.807, 2.05) is 6.07 Å². The van der Waals surface area contributed by atoms with Crippen molar-refractivity contribution in [3.05, 3.63) is 99.7 Å². The molecule has 182 valence electrons. The number of amides is 1. The molecule has 2 aromatic carbocycles. The second-order valence-electron chi connectivity index (χ2n) is 7.84. The number of rotatable bonds is 5. The van der Waals surface area contributed by atoms with Crippen LogP contribution in [0.1, 0.15) is 17.0 Å². The van der Waals surface area contributed by atoms with E-state index in [9.17, 15) is 28.0 Å². The Kier molecular flexibility index (Phi) is 6.40. The van der Waals surface area contributed by atoms with Gasteiger partial charge in [0.25, 0.3) is 11.5 Å². The molecule has 1 amide bonds. The molecule has 4 aromatic rings. The van der Waals surface area contributed by atoms with E-state index in [2.05, 4.69) is 5.32 Å². The molecular formula is C26H19F3N4O3. The Balaban J connectivity index is 1.61. The van der Waals surface area contributed by atoms with Gasteiger partial charge in [-0.25, -0.2) is 4.68 Å². The number of hydrogen-bond donors (Lipinski definition) is 1. The molecule has 0 unspecified atom stereocenters. The Hall–Kier alpha value is -4.78. The zero-order chi connectivity index (χ0) is 26.0. The lowest BCUT2D eigenvalue weighted by Crippen LogP contribution is -2.23. The van der Waals surface area contributed by atoms with E-state index in [0.717, 1.165) is 18.2 Å². The first-order chi connectivity index (χ1) is 17.1. The van der Waals surface area contributed by atoms with Crippen LogP contribution in [0.3, 0.4) is 0 Å². The molecule has 2 heterocycles. The molecule has 0 saturated carbocycles. The molecule has 0 aliphatic rings. The number of aromatic nitrogens is 2. The van der Waals surface area contributed by atoms with Gasteiger partial charge in [0.15, 0.2) is 0 Å². The van der Waals surface area contributed by atoms with Crippen LogP contribution in [0.5, 0.6) is 0 Å². The summed E-state index contributed by atoms with van der Waals surface area (Å²) >= 11 is 0. The van der Waals surface area contributed by atoms with Crippen LogP contribution in [0.2, 0.25) is 0 Å². The Morgan fingerprint density at radius 2 is 1.81 bits per heavy atom. The number of carbonyl (C=O) groups excluding carboxylic acids is 1. The summed E-state index contributed by atoms with van der Waals surface area (Å²) in [6.45, 7) is 1.65. The monoisotopic (exact) mass is 492 g/mol. The highest BCUT2D eigenvalue weighted by Gasteiger charge is 2.30. The first kappa shape index (κ1) is 24.3. The quantitative estimate of drug-likeness (QED) is 0.302. The highest BCUT2D eigenvalue weighted by molar-refractivity contribution is 6.09. The molecule has 0 aliphatic heterocycles. The highest BCUT2D eigenvalue weighted by Crippen LogP contribution is 2.33. The highest BCUT2D eigenvalue weighted by atomic mass is 19.4.